The maximum atomic E-state index is 12.1. The van der Waals surface area contributed by atoms with Crippen molar-refractivity contribution >= 4 is 11.7 Å². The van der Waals surface area contributed by atoms with Crippen molar-refractivity contribution in [3.8, 4) is 0 Å². The van der Waals surface area contributed by atoms with Gasteiger partial charge in [-0.1, -0.05) is 42.0 Å². The van der Waals surface area contributed by atoms with Crippen LogP contribution in [0.25, 0.3) is 0 Å². The van der Waals surface area contributed by atoms with Crippen LogP contribution in [0.15, 0.2) is 60.3 Å². The number of urea groups is 1. The maximum absolute atomic E-state index is 12.1. The first-order valence-electron chi connectivity index (χ1n) is 5.98. The number of carbonyl (C=O) groups is 1. The fourth-order valence-corrected chi connectivity index (χ4v) is 2.21. The third-order valence-corrected chi connectivity index (χ3v) is 3.14. The molecule has 3 heteroatoms. The van der Waals surface area contributed by atoms with Gasteiger partial charge in [0, 0.05) is 0 Å². The highest BCUT2D eigenvalue weighted by Gasteiger charge is 2.33. The van der Waals surface area contributed by atoms with E-state index >= 15 is 0 Å². The third-order valence-electron chi connectivity index (χ3n) is 3.14. The molecule has 0 spiro atoms. The Morgan fingerprint density at radius 2 is 1.89 bits per heavy atom. The van der Waals surface area contributed by atoms with Gasteiger partial charge in [0.25, 0.3) is 0 Å². The average Bonchev–Trinajstić information content (AvgIpc) is 2.54. The van der Waals surface area contributed by atoms with Crippen LogP contribution in [-0.4, -0.2) is 12.1 Å². The van der Waals surface area contributed by atoms with Gasteiger partial charge in [0.15, 0.2) is 0 Å². The molecule has 1 saturated heterocycles. The molecular weight excluding hydrogens is 224 g/mol. The van der Waals surface area contributed by atoms with Crippen LogP contribution >= 0.6 is 0 Å². The van der Waals surface area contributed by atoms with E-state index in [1.54, 1.807) is 4.90 Å². The van der Waals surface area contributed by atoms with E-state index in [-0.39, 0.29) is 12.1 Å². The minimum Gasteiger partial charge on any atom is -0.326 e. The van der Waals surface area contributed by atoms with Gasteiger partial charge in [0.1, 0.15) is 0 Å². The number of hydrogen-bond donors (Lipinski definition) is 1. The van der Waals surface area contributed by atoms with Crippen molar-refractivity contribution < 1.29 is 4.79 Å². The van der Waals surface area contributed by atoms with Gasteiger partial charge in [-0.25, -0.2) is 4.79 Å². The molecule has 1 aliphatic carbocycles. The van der Waals surface area contributed by atoms with E-state index in [4.69, 9.17) is 0 Å². The molecule has 0 saturated carbocycles. The Bertz CT molecular complexity index is 567. The SMILES string of the molecule is Cc1ccc(N2C(=O)NC3C=CC=CC=C32)cc1. The number of nitrogens with zero attached hydrogens (tertiary/aromatic N) is 1. The summed E-state index contributed by atoms with van der Waals surface area (Å²) < 4.78 is 0. The zero-order valence-electron chi connectivity index (χ0n) is 10.1. The number of fused-ring (bicyclic) bond motifs is 1. The topological polar surface area (TPSA) is 32.3 Å². The zero-order chi connectivity index (χ0) is 12.5. The van der Waals surface area contributed by atoms with E-state index in [9.17, 15) is 4.79 Å². The number of carbonyl (C=O) groups excluding carboxylic acids is 1. The third kappa shape index (κ3) is 1.74. The summed E-state index contributed by atoms with van der Waals surface area (Å²) in [4.78, 5) is 13.8. The van der Waals surface area contributed by atoms with Crippen LogP contribution in [-0.2, 0) is 0 Å². The van der Waals surface area contributed by atoms with E-state index in [1.165, 1.54) is 5.56 Å². The molecule has 0 aromatic heterocycles. The molecule has 1 N–H and O–H groups in total. The van der Waals surface area contributed by atoms with Gasteiger partial charge in [0.2, 0.25) is 0 Å². The average molecular weight is 238 g/mol. The lowest BCUT2D eigenvalue weighted by atomic mass is 10.1. The molecule has 3 rings (SSSR count). The van der Waals surface area contributed by atoms with Gasteiger partial charge < -0.3 is 5.32 Å². The minimum absolute atomic E-state index is 0.0335. The normalized spacial score (nSPS) is 21.4. The lowest BCUT2D eigenvalue weighted by Crippen LogP contribution is -2.27. The number of amides is 2. The monoisotopic (exact) mass is 238 g/mol. The molecule has 1 atom stereocenters. The zero-order valence-corrected chi connectivity index (χ0v) is 10.1. The molecule has 1 heterocycles. The number of nitrogens with one attached hydrogen (secondary N) is 1. The summed E-state index contributed by atoms with van der Waals surface area (Å²) in [5.41, 5.74) is 3.05. The largest absolute Gasteiger partial charge is 0.327 e. The Morgan fingerprint density at radius 3 is 2.67 bits per heavy atom. The summed E-state index contributed by atoms with van der Waals surface area (Å²) in [7, 11) is 0. The molecule has 1 fully saturated rings. The second-order valence-corrected chi connectivity index (χ2v) is 4.46. The molecule has 0 bridgehead atoms. The highest BCUT2D eigenvalue weighted by molar-refractivity contribution is 5.99. The molecule has 2 aliphatic rings. The van der Waals surface area contributed by atoms with Crippen molar-refractivity contribution in [2.45, 2.75) is 13.0 Å². The van der Waals surface area contributed by atoms with Crippen LogP contribution in [0.5, 0.6) is 0 Å². The summed E-state index contributed by atoms with van der Waals surface area (Å²) in [5.74, 6) is 0. The van der Waals surface area contributed by atoms with Gasteiger partial charge in [-0.2, -0.15) is 0 Å². The predicted molar refractivity (Wildman–Crippen MR) is 72.3 cm³/mol. The van der Waals surface area contributed by atoms with Gasteiger partial charge in [-0.15, -0.1) is 0 Å². The number of rotatable bonds is 1. The van der Waals surface area contributed by atoms with Crippen LogP contribution < -0.4 is 10.2 Å². The molecule has 3 nitrogen and oxygen atoms in total. The smallest absolute Gasteiger partial charge is 0.326 e. The molecule has 1 aliphatic heterocycles. The molecule has 2 amide bonds. The Morgan fingerprint density at radius 1 is 1.11 bits per heavy atom. The number of aryl methyl sites for hydroxylation is 1. The molecule has 1 aromatic carbocycles. The Kier molecular flexibility index (Phi) is 2.52. The second kappa shape index (κ2) is 4.18. The lowest BCUT2D eigenvalue weighted by molar-refractivity contribution is 0.251. The fourth-order valence-electron chi connectivity index (χ4n) is 2.21. The van der Waals surface area contributed by atoms with Gasteiger partial charge in [-0.3, -0.25) is 4.90 Å². The number of hydrogen-bond acceptors (Lipinski definition) is 1. The first kappa shape index (κ1) is 10.8. The quantitative estimate of drug-likeness (QED) is 0.801. The van der Waals surface area contributed by atoms with Crippen molar-refractivity contribution in [1.82, 2.24) is 5.32 Å². The number of anilines is 1. The Hall–Kier alpha value is -2.29. The standard InChI is InChI=1S/C15H14N2O/c1-11-7-9-12(10-8-11)17-14-6-4-2-3-5-13(14)16-15(17)18/h2-10,13H,1H3,(H,16,18). The summed E-state index contributed by atoms with van der Waals surface area (Å²) >= 11 is 0. The van der Waals surface area contributed by atoms with E-state index in [1.807, 2.05) is 61.6 Å². The van der Waals surface area contributed by atoms with Gasteiger partial charge in [-0.05, 0) is 25.1 Å². The van der Waals surface area contributed by atoms with Crippen LogP contribution in [0.3, 0.4) is 0 Å². The van der Waals surface area contributed by atoms with Gasteiger partial charge in [0.05, 0.1) is 17.4 Å². The summed E-state index contributed by atoms with van der Waals surface area (Å²) in [6.45, 7) is 2.03. The van der Waals surface area contributed by atoms with Crippen molar-refractivity contribution in [2.24, 2.45) is 0 Å². The van der Waals surface area contributed by atoms with Crippen molar-refractivity contribution in [1.29, 1.82) is 0 Å². The van der Waals surface area contributed by atoms with E-state index in [0.717, 1.165) is 11.4 Å². The van der Waals surface area contributed by atoms with E-state index in [2.05, 4.69) is 5.32 Å². The number of allylic oxidation sites excluding steroid dienone is 4. The lowest BCUT2D eigenvalue weighted by Gasteiger charge is -2.17. The highest BCUT2D eigenvalue weighted by Crippen LogP contribution is 2.27. The number of benzene rings is 1. The second-order valence-electron chi connectivity index (χ2n) is 4.46. The van der Waals surface area contributed by atoms with E-state index < -0.39 is 0 Å². The Labute approximate surface area is 106 Å². The van der Waals surface area contributed by atoms with Crippen molar-refractivity contribution in [3.63, 3.8) is 0 Å². The van der Waals surface area contributed by atoms with Crippen molar-refractivity contribution in [3.05, 3.63) is 65.9 Å². The molecular formula is C15H14N2O. The summed E-state index contributed by atoms with van der Waals surface area (Å²) in [5, 5.41) is 2.95. The first-order valence-corrected chi connectivity index (χ1v) is 5.98. The summed E-state index contributed by atoms with van der Waals surface area (Å²) in [6.07, 6.45) is 9.83. The predicted octanol–water partition coefficient (Wildman–Crippen LogP) is 2.90. The highest BCUT2D eigenvalue weighted by atomic mass is 16.2. The fraction of sp³-hybridized carbons (Fsp3) is 0.133. The molecule has 1 aromatic rings. The molecule has 90 valence electrons. The molecule has 18 heavy (non-hydrogen) atoms. The first-order chi connectivity index (χ1) is 8.75. The van der Waals surface area contributed by atoms with Crippen LogP contribution in [0, 0.1) is 6.92 Å². The molecule has 1 unspecified atom stereocenters. The van der Waals surface area contributed by atoms with Crippen LogP contribution in [0.2, 0.25) is 0 Å². The van der Waals surface area contributed by atoms with Gasteiger partial charge >= 0.3 is 6.03 Å². The minimum atomic E-state index is -0.0740. The van der Waals surface area contributed by atoms with Crippen LogP contribution in [0.1, 0.15) is 5.56 Å². The van der Waals surface area contributed by atoms with E-state index in [0.29, 0.717) is 0 Å². The Balaban J connectivity index is 2.03. The maximum Gasteiger partial charge on any atom is 0.327 e. The molecule has 0 radical (unpaired) electrons. The van der Waals surface area contributed by atoms with Crippen molar-refractivity contribution in [2.75, 3.05) is 4.90 Å². The van der Waals surface area contributed by atoms with Crippen LogP contribution in [0.4, 0.5) is 10.5 Å². The summed E-state index contributed by atoms with van der Waals surface area (Å²) in [6, 6.07) is 7.86.